The third kappa shape index (κ3) is 4.43. The first-order valence-electron chi connectivity index (χ1n) is 7.10. The Labute approximate surface area is 124 Å². The Morgan fingerprint density at radius 2 is 1.95 bits per heavy atom. The highest BCUT2D eigenvalue weighted by molar-refractivity contribution is 5.45. The molecule has 1 aromatic carbocycles. The molecule has 112 valence electrons. The van der Waals surface area contributed by atoms with Crippen molar-refractivity contribution >= 4 is 0 Å². The molecule has 0 amide bonds. The molecule has 0 aliphatic heterocycles. The second-order valence-corrected chi connectivity index (χ2v) is 5.10. The summed E-state index contributed by atoms with van der Waals surface area (Å²) in [6.45, 7) is 1.68. The molecule has 2 rings (SSSR count). The average molecular weight is 287 g/mol. The van der Waals surface area contributed by atoms with E-state index in [1.807, 2.05) is 24.3 Å². The van der Waals surface area contributed by atoms with Gasteiger partial charge in [-0.25, -0.2) is 0 Å². The molecule has 0 spiro atoms. The maximum Gasteiger partial charge on any atom is 0.271 e. The fourth-order valence-electron chi connectivity index (χ4n) is 2.01. The van der Waals surface area contributed by atoms with Crippen molar-refractivity contribution < 1.29 is 4.74 Å². The second kappa shape index (κ2) is 7.59. The summed E-state index contributed by atoms with van der Waals surface area (Å²) in [5.74, 6) is 0.683. The lowest BCUT2D eigenvalue weighted by atomic mass is 10.3. The predicted molar refractivity (Wildman–Crippen MR) is 83.1 cm³/mol. The molecule has 0 saturated carbocycles. The fraction of sp³-hybridized carbons (Fsp3) is 0.375. The molecular formula is C16H21N3O2. The molecule has 5 nitrogen and oxygen atoms in total. The van der Waals surface area contributed by atoms with Gasteiger partial charge in [0.05, 0.1) is 6.61 Å². The first-order valence-corrected chi connectivity index (χ1v) is 7.10. The highest BCUT2D eigenvalue weighted by Gasteiger charge is 2.07. The van der Waals surface area contributed by atoms with Crippen LogP contribution in [0.5, 0.6) is 5.75 Å². The minimum Gasteiger partial charge on any atom is -0.491 e. The Kier molecular flexibility index (Phi) is 5.51. The van der Waals surface area contributed by atoms with Crippen LogP contribution in [0.3, 0.4) is 0 Å². The molecule has 0 radical (unpaired) electrons. The van der Waals surface area contributed by atoms with Crippen molar-refractivity contribution in [3.63, 3.8) is 0 Å². The van der Waals surface area contributed by atoms with Crippen LogP contribution < -0.4 is 10.3 Å². The lowest BCUT2D eigenvalue weighted by Crippen LogP contribution is -2.20. The SMILES string of the molecule is CN(C)CCCCOc1ccccc1-n1ncccc1=O. The van der Waals surface area contributed by atoms with Crippen LogP contribution in [0.15, 0.2) is 47.4 Å². The predicted octanol–water partition coefficient (Wildman–Crippen LogP) is 1.95. The van der Waals surface area contributed by atoms with E-state index < -0.39 is 0 Å². The van der Waals surface area contributed by atoms with E-state index in [9.17, 15) is 4.79 Å². The molecule has 1 heterocycles. The number of unbranched alkanes of at least 4 members (excludes halogenated alkanes) is 1. The van der Waals surface area contributed by atoms with Crippen molar-refractivity contribution in [1.29, 1.82) is 0 Å². The molecular weight excluding hydrogens is 266 g/mol. The van der Waals surface area contributed by atoms with Crippen molar-refractivity contribution in [3.05, 3.63) is 52.9 Å². The molecule has 0 aliphatic carbocycles. The van der Waals surface area contributed by atoms with Gasteiger partial charge in [0.15, 0.2) is 0 Å². The number of ether oxygens (including phenoxy) is 1. The van der Waals surface area contributed by atoms with Gasteiger partial charge in [-0.1, -0.05) is 12.1 Å². The number of hydrogen-bond acceptors (Lipinski definition) is 4. The number of benzene rings is 1. The van der Waals surface area contributed by atoms with Crippen molar-refractivity contribution in [3.8, 4) is 11.4 Å². The minimum absolute atomic E-state index is 0.166. The van der Waals surface area contributed by atoms with Gasteiger partial charge in [0.1, 0.15) is 11.4 Å². The summed E-state index contributed by atoms with van der Waals surface area (Å²) in [4.78, 5) is 14.0. The summed E-state index contributed by atoms with van der Waals surface area (Å²) in [7, 11) is 4.12. The summed E-state index contributed by atoms with van der Waals surface area (Å²) >= 11 is 0. The summed E-state index contributed by atoms with van der Waals surface area (Å²) in [6.07, 6.45) is 3.65. The quantitative estimate of drug-likeness (QED) is 0.730. The zero-order chi connectivity index (χ0) is 15.1. The van der Waals surface area contributed by atoms with Crippen LogP contribution in [0.2, 0.25) is 0 Å². The Morgan fingerprint density at radius 1 is 1.14 bits per heavy atom. The number of hydrogen-bond donors (Lipinski definition) is 0. The minimum atomic E-state index is -0.166. The molecule has 0 unspecified atom stereocenters. The Morgan fingerprint density at radius 3 is 2.71 bits per heavy atom. The van der Waals surface area contributed by atoms with Crippen LogP contribution in [-0.4, -0.2) is 41.9 Å². The molecule has 0 bridgehead atoms. The van der Waals surface area contributed by atoms with Crippen LogP contribution in [0.25, 0.3) is 5.69 Å². The van der Waals surface area contributed by atoms with Gasteiger partial charge in [-0.15, -0.1) is 0 Å². The fourth-order valence-corrected chi connectivity index (χ4v) is 2.01. The maximum absolute atomic E-state index is 11.9. The summed E-state index contributed by atoms with van der Waals surface area (Å²) in [5, 5.41) is 4.09. The van der Waals surface area contributed by atoms with Gasteiger partial charge in [0.25, 0.3) is 5.56 Å². The van der Waals surface area contributed by atoms with Gasteiger partial charge < -0.3 is 9.64 Å². The zero-order valence-corrected chi connectivity index (χ0v) is 12.5. The molecule has 0 N–H and O–H groups in total. The van der Waals surface area contributed by atoms with E-state index in [1.165, 1.54) is 10.7 Å². The number of aromatic nitrogens is 2. The highest BCUT2D eigenvalue weighted by Crippen LogP contribution is 2.20. The molecule has 0 aliphatic rings. The first kappa shape index (κ1) is 15.3. The largest absolute Gasteiger partial charge is 0.491 e. The number of para-hydroxylation sites is 2. The highest BCUT2D eigenvalue weighted by atomic mass is 16.5. The van der Waals surface area contributed by atoms with Crippen LogP contribution in [0, 0.1) is 0 Å². The molecule has 5 heteroatoms. The van der Waals surface area contributed by atoms with Crippen LogP contribution in [0.1, 0.15) is 12.8 Å². The van der Waals surface area contributed by atoms with Gasteiger partial charge in [-0.2, -0.15) is 9.78 Å². The van der Waals surface area contributed by atoms with Crippen molar-refractivity contribution in [2.75, 3.05) is 27.2 Å². The van der Waals surface area contributed by atoms with E-state index in [0.717, 1.165) is 19.4 Å². The Balaban J connectivity index is 2.04. The summed E-state index contributed by atoms with van der Waals surface area (Å²) < 4.78 is 7.17. The van der Waals surface area contributed by atoms with E-state index in [0.29, 0.717) is 18.0 Å². The van der Waals surface area contributed by atoms with E-state index in [2.05, 4.69) is 24.1 Å². The molecule has 1 aromatic heterocycles. The molecule has 0 atom stereocenters. The van der Waals surface area contributed by atoms with E-state index in [4.69, 9.17) is 4.74 Å². The maximum atomic E-state index is 11.9. The normalized spacial score (nSPS) is 10.8. The topological polar surface area (TPSA) is 47.4 Å². The number of rotatable bonds is 7. The zero-order valence-electron chi connectivity index (χ0n) is 12.5. The first-order chi connectivity index (χ1) is 10.2. The van der Waals surface area contributed by atoms with Gasteiger partial charge in [-0.05, 0) is 51.7 Å². The molecule has 0 saturated heterocycles. The standard InChI is InChI=1S/C16H21N3O2/c1-18(2)12-5-6-13-21-15-9-4-3-8-14(15)19-16(20)10-7-11-17-19/h3-4,7-11H,5-6,12-13H2,1-2H3. The van der Waals surface area contributed by atoms with Crippen molar-refractivity contribution in [2.24, 2.45) is 0 Å². The van der Waals surface area contributed by atoms with Crippen molar-refractivity contribution in [1.82, 2.24) is 14.7 Å². The van der Waals surface area contributed by atoms with Crippen molar-refractivity contribution in [2.45, 2.75) is 12.8 Å². The average Bonchev–Trinajstić information content (AvgIpc) is 2.48. The lowest BCUT2D eigenvalue weighted by molar-refractivity contribution is 0.292. The Bertz CT molecular complexity index is 623. The van der Waals surface area contributed by atoms with Gasteiger partial charge >= 0.3 is 0 Å². The molecule has 21 heavy (non-hydrogen) atoms. The van der Waals surface area contributed by atoms with E-state index >= 15 is 0 Å². The van der Waals surface area contributed by atoms with Crippen LogP contribution in [0.4, 0.5) is 0 Å². The second-order valence-electron chi connectivity index (χ2n) is 5.10. The monoisotopic (exact) mass is 287 g/mol. The molecule has 0 fully saturated rings. The molecule has 2 aromatic rings. The van der Waals surface area contributed by atoms with Crippen LogP contribution in [-0.2, 0) is 0 Å². The number of nitrogens with zero attached hydrogens (tertiary/aromatic N) is 3. The van der Waals surface area contributed by atoms with E-state index in [-0.39, 0.29) is 5.56 Å². The van der Waals surface area contributed by atoms with Crippen LogP contribution >= 0.6 is 0 Å². The summed E-state index contributed by atoms with van der Waals surface area (Å²) in [6, 6.07) is 10.6. The smallest absolute Gasteiger partial charge is 0.271 e. The Hall–Kier alpha value is -2.14. The summed E-state index contributed by atoms with van der Waals surface area (Å²) in [5.41, 5.74) is 0.511. The van der Waals surface area contributed by atoms with Gasteiger partial charge in [0, 0.05) is 12.3 Å². The lowest BCUT2D eigenvalue weighted by Gasteiger charge is -2.13. The van der Waals surface area contributed by atoms with E-state index in [1.54, 1.807) is 12.3 Å². The van der Waals surface area contributed by atoms with Gasteiger partial charge in [-0.3, -0.25) is 4.79 Å². The van der Waals surface area contributed by atoms with Gasteiger partial charge in [0.2, 0.25) is 0 Å². The third-order valence-corrected chi connectivity index (χ3v) is 3.07. The third-order valence-electron chi connectivity index (χ3n) is 3.07.